The summed E-state index contributed by atoms with van der Waals surface area (Å²) in [5, 5.41) is 5.46. The first-order valence-electron chi connectivity index (χ1n) is 13.8. The van der Waals surface area contributed by atoms with E-state index >= 15 is 0 Å². The van der Waals surface area contributed by atoms with Gasteiger partial charge in [-0.25, -0.2) is 9.97 Å². The largest absolute Gasteiger partial charge is 0.476 e. The third-order valence-electron chi connectivity index (χ3n) is 6.86. The standard InChI is InChI=1S/C31H29ClF3N5O3S/c1-4-43-27-26(14-21(32)16-37-27)40-25(13-18(2)3)22(29(41)39-11-9-36-10-12-39)15-23(30(40)42)28-38-24(17-44-28)19-5-7-20(8-6-19)31(33,34)35/h5-8,13-17,36H,4,9-12H2,1-3H3. The van der Waals surface area contributed by atoms with Crippen molar-refractivity contribution in [1.82, 2.24) is 24.8 Å². The number of thiazole rings is 1. The number of pyridine rings is 2. The number of ether oxygens (including phenoxy) is 1. The Morgan fingerprint density at radius 3 is 2.50 bits per heavy atom. The molecular formula is C31H29ClF3N5O3S. The average molecular weight is 644 g/mol. The number of piperazine rings is 1. The third kappa shape index (κ3) is 6.57. The van der Waals surface area contributed by atoms with Crippen molar-refractivity contribution in [1.29, 1.82) is 0 Å². The number of hydrogen-bond donors (Lipinski definition) is 1. The number of nitrogens with one attached hydrogen (secondary N) is 1. The summed E-state index contributed by atoms with van der Waals surface area (Å²) in [6, 6.07) is 7.75. The Balaban J connectivity index is 1.75. The molecule has 1 N–H and O–H groups in total. The molecule has 5 rings (SSSR count). The summed E-state index contributed by atoms with van der Waals surface area (Å²) >= 11 is 7.51. The number of aromatic nitrogens is 3. The van der Waals surface area contributed by atoms with Crippen molar-refractivity contribution in [2.24, 2.45) is 0 Å². The zero-order chi connectivity index (χ0) is 31.6. The van der Waals surface area contributed by atoms with Crippen molar-refractivity contribution in [3.8, 4) is 33.4 Å². The minimum Gasteiger partial charge on any atom is -0.476 e. The van der Waals surface area contributed by atoms with Crippen LogP contribution in [0.25, 0.3) is 33.6 Å². The first kappa shape index (κ1) is 31.4. The lowest BCUT2D eigenvalue weighted by atomic mass is 10.0. The summed E-state index contributed by atoms with van der Waals surface area (Å²) in [6.07, 6.45) is -1.30. The molecule has 0 saturated carbocycles. The van der Waals surface area contributed by atoms with E-state index in [1.165, 1.54) is 22.9 Å². The normalized spacial score (nSPS) is 13.6. The molecule has 1 aliphatic rings. The fraction of sp³-hybridized carbons (Fsp3) is 0.290. The number of halogens is 4. The maximum Gasteiger partial charge on any atom is 0.416 e. The van der Waals surface area contributed by atoms with Crippen LogP contribution >= 0.6 is 22.9 Å². The molecule has 1 fully saturated rings. The quantitative estimate of drug-likeness (QED) is 0.245. The van der Waals surface area contributed by atoms with Crippen LogP contribution in [0.15, 0.2) is 58.3 Å². The topological polar surface area (TPSA) is 89.3 Å². The van der Waals surface area contributed by atoms with Gasteiger partial charge in [-0.05, 0) is 51.1 Å². The Morgan fingerprint density at radius 1 is 1.16 bits per heavy atom. The van der Waals surface area contributed by atoms with Gasteiger partial charge in [0, 0.05) is 43.3 Å². The molecule has 4 aromatic rings. The van der Waals surface area contributed by atoms with Gasteiger partial charge in [0.2, 0.25) is 5.88 Å². The van der Waals surface area contributed by atoms with Crippen molar-refractivity contribution in [3.63, 3.8) is 0 Å². The van der Waals surface area contributed by atoms with E-state index in [9.17, 15) is 22.8 Å². The summed E-state index contributed by atoms with van der Waals surface area (Å²) in [5.74, 6) is -0.105. The predicted molar refractivity (Wildman–Crippen MR) is 166 cm³/mol. The number of allylic oxidation sites excluding steroid dienone is 1. The van der Waals surface area contributed by atoms with Gasteiger partial charge in [0.15, 0.2) is 0 Å². The highest BCUT2D eigenvalue weighted by molar-refractivity contribution is 7.13. The van der Waals surface area contributed by atoms with Crippen molar-refractivity contribution in [2.75, 3.05) is 32.8 Å². The minimum absolute atomic E-state index is 0.139. The van der Waals surface area contributed by atoms with Crippen molar-refractivity contribution >= 4 is 34.9 Å². The van der Waals surface area contributed by atoms with E-state index in [-0.39, 0.29) is 40.2 Å². The molecule has 1 amide bonds. The SMILES string of the molecule is CCOc1ncc(Cl)cc1-n1c(C=C(C)C)c(C(=O)N2CCNCC2)cc(-c2nc(-c3ccc(C(F)(F)F)cc3)cs2)c1=O. The van der Waals surface area contributed by atoms with E-state index in [1.54, 1.807) is 35.4 Å². The van der Waals surface area contributed by atoms with Crippen LogP contribution in [0.5, 0.6) is 5.88 Å². The summed E-state index contributed by atoms with van der Waals surface area (Å²) in [7, 11) is 0. The van der Waals surface area contributed by atoms with Crippen LogP contribution in [-0.4, -0.2) is 58.1 Å². The molecule has 4 heterocycles. The molecule has 0 atom stereocenters. The maximum atomic E-state index is 14.4. The van der Waals surface area contributed by atoms with E-state index < -0.39 is 17.3 Å². The molecule has 0 radical (unpaired) electrons. The second-order valence-electron chi connectivity index (χ2n) is 10.3. The van der Waals surface area contributed by atoms with Crippen LogP contribution < -0.4 is 15.6 Å². The van der Waals surface area contributed by atoms with E-state index in [1.807, 2.05) is 13.8 Å². The number of rotatable bonds is 7. The fourth-order valence-electron chi connectivity index (χ4n) is 4.83. The number of carbonyl (C=O) groups is 1. The van der Waals surface area contributed by atoms with Crippen molar-refractivity contribution in [2.45, 2.75) is 26.9 Å². The molecule has 1 aliphatic heterocycles. The molecule has 0 unspecified atom stereocenters. The lowest BCUT2D eigenvalue weighted by Gasteiger charge is -2.29. The van der Waals surface area contributed by atoms with Gasteiger partial charge in [-0.15, -0.1) is 11.3 Å². The Kier molecular flexibility index (Phi) is 9.23. The molecule has 13 heteroatoms. The van der Waals surface area contributed by atoms with Gasteiger partial charge in [-0.1, -0.05) is 29.3 Å². The Morgan fingerprint density at radius 2 is 1.86 bits per heavy atom. The van der Waals surface area contributed by atoms with Gasteiger partial charge in [0.1, 0.15) is 10.7 Å². The Hall–Kier alpha value is -4.00. The van der Waals surface area contributed by atoms with Crippen molar-refractivity contribution in [3.05, 3.63) is 85.7 Å². The van der Waals surface area contributed by atoms with E-state index in [0.29, 0.717) is 48.1 Å². The first-order chi connectivity index (χ1) is 21.0. The smallest absolute Gasteiger partial charge is 0.416 e. The van der Waals surface area contributed by atoms with Crippen LogP contribution in [0.3, 0.4) is 0 Å². The molecule has 0 aliphatic carbocycles. The van der Waals surface area contributed by atoms with E-state index in [0.717, 1.165) is 29.0 Å². The first-order valence-corrected chi connectivity index (χ1v) is 15.1. The predicted octanol–water partition coefficient (Wildman–Crippen LogP) is 6.56. The molecular weight excluding hydrogens is 615 g/mol. The molecule has 230 valence electrons. The number of alkyl halides is 3. The molecule has 0 bridgehead atoms. The van der Waals surface area contributed by atoms with Gasteiger partial charge in [0.25, 0.3) is 11.5 Å². The van der Waals surface area contributed by atoms with Crippen LogP contribution in [-0.2, 0) is 6.18 Å². The monoisotopic (exact) mass is 643 g/mol. The van der Waals surface area contributed by atoms with E-state index in [2.05, 4.69) is 15.3 Å². The second-order valence-corrected chi connectivity index (χ2v) is 11.6. The number of benzene rings is 1. The summed E-state index contributed by atoms with van der Waals surface area (Å²) in [6.45, 7) is 8.01. The molecule has 0 spiro atoms. The minimum atomic E-state index is -4.47. The Bertz CT molecular complexity index is 1770. The summed E-state index contributed by atoms with van der Waals surface area (Å²) in [5.41, 5.74) is 1.44. The maximum absolute atomic E-state index is 14.4. The van der Waals surface area contributed by atoms with Crippen LogP contribution in [0.2, 0.25) is 5.02 Å². The Labute approximate surface area is 260 Å². The summed E-state index contributed by atoms with van der Waals surface area (Å²) in [4.78, 5) is 39.1. The lowest BCUT2D eigenvalue weighted by molar-refractivity contribution is -0.137. The zero-order valence-corrected chi connectivity index (χ0v) is 25.7. The number of carbonyl (C=O) groups excluding carboxylic acids is 1. The zero-order valence-electron chi connectivity index (χ0n) is 24.2. The van der Waals surface area contributed by atoms with Crippen LogP contribution in [0.4, 0.5) is 13.2 Å². The second kappa shape index (κ2) is 12.9. The number of nitrogens with zero attached hydrogens (tertiary/aromatic N) is 4. The van der Waals surface area contributed by atoms with E-state index in [4.69, 9.17) is 16.3 Å². The van der Waals surface area contributed by atoms with Gasteiger partial charge >= 0.3 is 6.18 Å². The number of amides is 1. The molecule has 8 nitrogen and oxygen atoms in total. The molecule has 1 saturated heterocycles. The molecule has 44 heavy (non-hydrogen) atoms. The summed E-state index contributed by atoms with van der Waals surface area (Å²) < 4.78 is 46.5. The fourth-order valence-corrected chi connectivity index (χ4v) is 5.82. The van der Waals surface area contributed by atoms with Gasteiger partial charge in [-0.2, -0.15) is 13.2 Å². The van der Waals surface area contributed by atoms with Gasteiger partial charge in [-0.3, -0.25) is 14.2 Å². The molecule has 1 aromatic carbocycles. The highest BCUT2D eigenvalue weighted by atomic mass is 35.5. The lowest BCUT2D eigenvalue weighted by Crippen LogP contribution is -2.47. The number of hydrogen-bond acceptors (Lipinski definition) is 7. The van der Waals surface area contributed by atoms with Crippen molar-refractivity contribution < 1.29 is 22.7 Å². The molecule has 3 aromatic heterocycles. The van der Waals surface area contributed by atoms with Gasteiger partial charge < -0.3 is 15.0 Å². The highest BCUT2D eigenvalue weighted by Crippen LogP contribution is 2.34. The van der Waals surface area contributed by atoms with Crippen LogP contribution in [0, 0.1) is 0 Å². The average Bonchev–Trinajstić information content (AvgIpc) is 3.48. The highest BCUT2D eigenvalue weighted by Gasteiger charge is 2.30. The third-order valence-corrected chi connectivity index (χ3v) is 7.94. The van der Waals surface area contributed by atoms with Crippen LogP contribution in [0.1, 0.15) is 42.4 Å². The van der Waals surface area contributed by atoms with Gasteiger partial charge in [0.05, 0.1) is 39.7 Å².